The molecule has 2 N–H and O–H groups in total. The number of esters is 1. The fourth-order valence-corrected chi connectivity index (χ4v) is 3.79. The molecule has 1 amide bonds. The molecule has 1 saturated carbocycles. The molecule has 9 nitrogen and oxygen atoms in total. The van der Waals surface area contributed by atoms with Gasteiger partial charge in [-0.2, -0.15) is 0 Å². The summed E-state index contributed by atoms with van der Waals surface area (Å²) >= 11 is 0. The van der Waals surface area contributed by atoms with Crippen LogP contribution in [0.1, 0.15) is 64.6 Å². The third-order valence-electron chi connectivity index (χ3n) is 5.66. The topological polar surface area (TPSA) is 123 Å². The van der Waals surface area contributed by atoms with Crippen molar-refractivity contribution in [2.45, 2.75) is 46.1 Å². The molecule has 1 aromatic carbocycles. The number of aromatic nitrogens is 3. The molecule has 0 radical (unpaired) electrons. The molecule has 0 unspecified atom stereocenters. The maximum atomic E-state index is 13.4. The number of benzene rings is 1. The number of carbonyl (C=O) groups excluding carboxylic acids is 2. The molecule has 2 aromatic heterocycles. The summed E-state index contributed by atoms with van der Waals surface area (Å²) < 4.78 is 6.19. The Balaban J connectivity index is 1.87. The number of carbonyl (C=O) groups is 2. The van der Waals surface area contributed by atoms with Gasteiger partial charge in [0.2, 0.25) is 0 Å². The number of ether oxygens (including phenoxy) is 1. The number of rotatable bonds is 6. The van der Waals surface area contributed by atoms with E-state index in [-0.39, 0.29) is 28.4 Å². The van der Waals surface area contributed by atoms with Crippen LogP contribution in [0.3, 0.4) is 0 Å². The number of amides is 1. The number of nitrogens with zero attached hydrogens (tertiary/aromatic N) is 2. The summed E-state index contributed by atoms with van der Waals surface area (Å²) in [7, 11) is 1.28. The maximum Gasteiger partial charge on any atom is 0.337 e. The van der Waals surface area contributed by atoms with E-state index < -0.39 is 23.1 Å². The minimum absolute atomic E-state index is 0.0684. The molecule has 0 aliphatic heterocycles. The van der Waals surface area contributed by atoms with E-state index in [1.165, 1.54) is 17.7 Å². The summed E-state index contributed by atoms with van der Waals surface area (Å²) in [4.78, 5) is 57.6. The lowest BCUT2D eigenvalue weighted by molar-refractivity contribution is 0.0600. The Morgan fingerprint density at radius 2 is 1.97 bits per heavy atom. The van der Waals surface area contributed by atoms with Crippen molar-refractivity contribution in [2.75, 3.05) is 12.4 Å². The zero-order chi connectivity index (χ0) is 23.9. The highest BCUT2D eigenvalue weighted by atomic mass is 16.5. The lowest BCUT2D eigenvalue weighted by atomic mass is 10.1. The van der Waals surface area contributed by atoms with E-state index in [2.05, 4.69) is 15.3 Å². The largest absolute Gasteiger partial charge is 0.465 e. The van der Waals surface area contributed by atoms with E-state index in [4.69, 9.17) is 4.74 Å². The Kier molecular flexibility index (Phi) is 5.88. The van der Waals surface area contributed by atoms with E-state index in [9.17, 15) is 19.2 Å². The zero-order valence-corrected chi connectivity index (χ0v) is 19.0. The number of hydrogen-bond donors (Lipinski definition) is 2. The van der Waals surface area contributed by atoms with Gasteiger partial charge in [0.1, 0.15) is 0 Å². The molecule has 33 heavy (non-hydrogen) atoms. The molecule has 0 atom stereocenters. The van der Waals surface area contributed by atoms with Crippen LogP contribution in [-0.2, 0) is 11.3 Å². The molecule has 0 spiro atoms. The van der Waals surface area contributed by atoms with Crippen LogP contribution in [0.2, 0.25) is 0 Å². The van der Waals surface area contributed by atoms with E-state index in [0.717, 1.165) is 18.4 Å². The van der Waals surface area contributed by atoms with Crippen molar-refractivity contribution in [3.63, 3.8) is 0 Å². The van der Waals surface area contributed by atoms with Gasteiger partial charge < -0.3 is 10.1 Å². The zero-order valence-electron chi connectivity index (χ0n) is 19.0. The Morgan fingerprint density at radius 1 is 1.24 bits per heavy atom. The third-order valence-corrected chi connectivity index (χ3v) is 5.66. The smallest absolute Gasteiger partial charge is 0.337 e. The minimum Gasteiger partial charge on any atom is -0.465 e. The molecule has 0 bridgehead atoms. The van der Waals surface area contributed by atoms with Crippen molar-refractivity contribution < 1.29 is 14.3 Å². The number of methoxy groups -OCH3 is 1. The van der Waals surface area contributed by atoms with Gasteiger partial charge in [0, 0.05) is 23.8 Å². The molecule has 4 rings (SSSR count). The number of fused-ring (bicyclic) bond motifs is 1. The van der Waals surface area contributed by atoms with Gasteiger partial charge in [-0.1, -0.05) is 19.9 Å². The number of anilines is 1. The van der Waals surface area contributed by atoms with Gasteiger partial charge in [-0.15, -0.1) is 0 Å². The molecule has 3 aromatic rings. The average molecular weight is 450 g/mol. The fraction of sp³-hybridized carbons (Fsp3) is 0.375. The van der Waals surface area contributed by atoms with E-state index >= 15 is 0 Å². The molecule has 1 aliphatic carbocycles. The standard InChI is InChI=1S/C24H26N4O5/c1-12(2)11-28-20-19(22(30)27-24(28)32)16(10-18(25-20)14-7-8-14)21(29)26-17-9-15(23(31)33-4)6-5-13(17)3/h5-6,9-10,12,14H,7-8,11H2,1-4H3,(H,26,29)(H,27,30,32). The Hall–Kier alpha value is -3.75. The molecule has 0 saturated heterocycles. The highest BCUT2D eigenvalue weighted by Crippen LogP contribution is 2.40. The summed E-state index contributed by atoms with van der Waals surface area (Å²) in [6, 6.07) is 6.48. The highest BCUT2D eigenvalue weighted by Gasteiger charge is 2.29. The first-order chi connectivity index (χ1) is 15.7. The quantitative estimate of drug-likeness (QED) is 0.557. The van der Waals surface area contributed by atoms with Crippen LogP contribution in [0.15, 0.2) is 33.9 Å². The molecule has 1 aliphatic rings. The van der Waals surface area contributed by atoms with Crippen LogP contribution in [0, 0.1) is 12.8 Å². The summed E-state index contributed by atoms with van der Waals surface area (Å²) in [6.07, 6.45) is 1.88. The van der Waals surface area contributed by atoms with Crippen molar-refractivity contribution in [3.05, 3.63) is 67.5 Å². The fourth-order valence-electron chi connectivity index (χ4n) is 3.79. The Labute approximate surface area is 189 Å². The lowest BCUT2D eigenvalue weighted by Gasteiger charge is -2.15. The molecule has 172 valence electrons. The highest BCUT2D eigenvalue weighted by molar-refractivity contribution is 6.12. The van der Waals surface area contributed by atoms with Gasteiger partial charge in [-0.3, -0.25) is 19.1 Å². The van der Waals surface area contributed by atoms with Crippen molar-refractivity contribution >= 4 is 28.6 Å². The van der Waals surface area contributed by atoms with E-state index in [1.54, 1.807) is 25.1 Å². The number of aromatic amines is 1. The van der Waals surface area contributed by atoms with Crippen molar-refractivity contribution in [1.82, 2.24) is 14.5 Å². The van der Waals surface area contributed by atoms with Crippen molar-refractivity contribution in [1.29, 1.82) is 0 Å². The SMILES string of the molecule is COC(=O)c1ccc(C)c(NC(=O)c2cc(C3CC3)nc3c2c(=O)[nH]c(=O)n3CC(C)C)c1. The lowest BCUT2D eigenvalue weighted by Crippen LogP contribution is -2.33. The Morgan fingerprint density at radius 3 is 2.61 bits per heavy atom. The van der Waals surface area contributed by atoms with Crippen LogP contribution in [0.25, 0.3) is 11.0 Å². The number of aryl methyl sites for hydroxylation is 1. The van der Waals surface area contributed by atoms with Gasteiger partial charge in [-0.25, -0.2) is 14.6 Å². The predicted octanol–water partition coefficient (Wildman–Crippen LogP) is 2.97. The minimum atomic E-state index is -0.657. The summed E-state index contributed by atoms with van der Waals surface area (Å²) in [5, 5.41) is 2.88. The molecule has 2 heterocycles. The molecule has 9 heteroatoms. The normalized spacial score (nSPS) is 13.4. The first-order valence-electron chi connectivity index (χ1n) is 10.9. The van der Waals surface area contributed by atoms with Gasteiger partial charge in [0.15, 0.2) is 5.65 Å². The molecular formula is C24H26N4O5. The number of nitrogens with one attached hydrogen (secondary N) is 2. The summed E-state index contributed by atoms with van der Waals surface area (Å²) in [6.45, 7) is 6.07. The molecular weight excluding hydrogens is 424 g/mol. The van der Waals surface area contributed by atoms with Gasteiger partial charge in [0.05, 0.1) is 23.6 Å². The molecule has 1 fully saturated rings. The second-order valence-electron chi connectivity index (χ2n) is 8.81. The van der Waals surface area contributed by atoms with Gasteiger partial charge in [0.25, 0.3) is 11.5 Å². The number of pyridine rings is 1. The van der Waals surface area contributed by atoms with Crippen LogP contribution in [0.4, 0.5) is 5.69 Å². The van der Waals surface area contributed by atoms with Crippen LogP contribution < -0.4 is 16.6 Å². The average Bonchev–Trinajstić information content (AvgIpc) is 3.62. The number of H-pyrrole nitrogens is 1. The van der Waals surface area contributed by atoms with Crippen molar-refractivity contribution in [2.24, 2.45) is 5.92 Å². The predicted molar refractivity (Wildman–Crippen MR) is 124 cm³/mol. The number of hydrogen-bond acceptors (Lipinski definition) is 6. The second-order valence-corrected chi connectivity index (χ2v) is 8.81. The third kappa shape index (κ3) is 4.44. The monoisotopic (exact) mass is 450 g/mol. The van der Waals surface area contributed by atoms with Crippen LogP contribution in [-0.4, -0.2) is 33.5 Å². The summed E-state index contributed by atoms with van der Waals surface area (Å²) in [5.41, 5.74) is 1.30. The first kappa shape index (κ1) is 22.4. The van der Waals surface area contributed by atoms with Gasteiger partial charge in [-0.05, 0) is 49.4 Å². The van der Waals surface area contributed by atoms with Gasteiger partial charge >= 0.3 is 11.7 Å². The maximum absolute atomic E-state index is 13.4. The van der Waals surface area contributed by atoms with E-state index in [0.29, 0.717) is 23.5 Å². The summed E-state index contributed by atoms with van der Waals surface area (Å²) in [5.74, 6) is -0.712. The Bertz CT molecular complexity index is 1380. The van der Waals surface area contributed by atoms with Crippen LogP contribution in [0.5, 0.6) is 0 Å². The van der Waals surface area contributed by atoms with Crippen molar-refractivity contribution in [3.8, 4) is 0 Å². The van der Waals surface area contributed by atoms with Crippen LogP contribution >= 0.6 is 0 Å². The first-order valence-corrected chi connectivity index (χ1v) is 10.9. The second kappa shape index (κ2) is 8.65. The van der Waals surface area contributed by atoms with E-state index in [1.807, 2.05) is 13.8 Å².